The minimum Gasteiger partial charge on any atom is -0.475 e. The molecule has 12 heavy (non-hydrogen) atoms. The van der Waals surface area contributed by atoms with Crippen molar-refractivity contribution in [2.45, 2.75) is 0 Å². The highest BCUT2D eigenvalue weighted by Gasteiger charge is 2.11. The molecule has 1 heterocycles. The number of nitrogens with zero attached hydrogens (tertiary/aromatic N) is 1. The second kappa shape index (κ2) is 3.24. The van der Waals surface area contributed by atoms with Gasteiger partial charge in [0.1, 0.15) is 6.61 Å². The molecule has 0 radical (unpaired) electrons. The normalized spacial score (nSPS) is 15.6. The molecule has 0 spiro atoms. The Labute approximate surface area is 73.9 Å². The van der Waals surface area contributed by atoms with E-state index in [0.29, 0.717) is 6.61 Å². The predicted octanol–water partition coefficient (Wildman–Crippen LogP) is 0.964. The summed E-state index contributed by atoms with van der Waals surface area (Å²) < 4.78 is 5.36. The van der Waals surface area contributed by atoms with Crippen LogP contribution in [0, 0.1) is 0 Å². The first kappa shape index (κ1) is 7.75. The summed E-state index contributed by atoms with van der Waals surface area (Å²) in [5.74, 6) is 0.778. The fourth-order valence-corrected chi connectivity index (χ4v) is 1.52. The van der Waals surface area contributed by atoms with Crippen molar-refractivity contribution in [3.63, 3.8) is 0 Å². The molecule has 1 aliphatic heterocycles. The summed E-state index contributed by atoms with van der Waals surface area (Å²) in [5, 5.41) is 1.14. The van der Waals surface area contributed by atoms with Crippen LogP contribution >= 0.6 is 9.24 Å². The summed E-state index contributed by atoms with van der Waals surface area (Å²) in [7, 11) is 2.68. The number of rotatable bonds is 1. The fourth-order valence-electron chi connectivity index (χ4n) is 1.19. The number of benzene rings is 1. The van der Waals surface area contributed by atoms with E-state index in [1.807, 2.05) is 24.3 Å². The SMILES string of the molecule is Pc1ccccc1C1=NCCO1. The van der Waals surface area contributed by atoms with E-state index in [1.54, 1.807) is 0 Å². The summed E-state index contributed by atoms with van der Waals surface area (Å²) in [6.45, 7) is 1.50. The largest absolute Gasteiger partial charge is 0.475 e. The molecule has 1 aliphatic rings. The maximum absolute atomic E-state index is 5.36. The van der Waals surface area contributed by atoms with Crippen LogP contribution in [0.4, 0.5) is 0 Å². The third-order valence-corrected chi connectivity index (χ3v) is 2.28. The van der Waals surface area contributed by atoms with Crippen molar-refractivity contribution in [3.05, 3.63) is 29.8 Å². The Hall–Kier alpha value is -0.880. The van der Waals surface area contributed by atoms with Gasteiger partial charge in [-0.3, -0.25) is 0 Å². The highest BCUT2D eigenvalue weighted by Crippen LogP contribution is 2.07. The van der Waals surface area contributed by atoms with Gasteiger partial charge in [-0.15, -0.1) is 9.24 Å². The average Bonchev–Trinajstić information content (AvgIpc) is 2.57. The molecule has 0 fully saturated rings. The molecule has 0 saturated heterocycles. The van der Waals surface area contributed by atoms with E-state index < -0.39 is 0 Å². The van der Waals surface area contributed by atoms with Crippen LogP contribution in [-0.2, 0) is 4.74 Å². The molecule has 0 N–H and O–H groups in total. The molecular formula is C9H10NOP. The molecule has 0 aromatic heterocycles. The Balaban J connectivity index is 2.39. The fraction of sp³-hybridized carbons (Fsp3) is 0.222. The Morgan fingerprint density at radius 1 is 1.33 bits per heavy atom. The molecule has 0 saturated carbocycles. The van der Waals surface area contributed by atoms with Gasteiger partial charge < -0.3 is 4.74 Å². The number of hydrogen-bond donors (Lipinski definition) is 0. The average molecular weight is 179 g/mol. The number of hydrogen-bond acceptors (Lipinski definition) is 2. The van der Waals surface area contributed by atoms with Gasteiger partial charge in [0.05, 0.1) is 6.54 Å². The molecule has 62 valence electrons. The van der Waals surface area contributed by atoms with Crippen molar-refractivity contribution in [1.29, 1.82) is 0 Å². The standard InChI is InChI=1S/C9H10NOP/c12-8-4-2-1-3-7(8)9-10-5-6-11-9/h1-4H,5-6,12H2. The lowest BCUT2D eigenvalue weighted by atomic mass is 10.2. The van der Waals surface area contributed by atoms with Crippen molar-refractivity contribution in [2.24, 2.45) is 4.99 Å². The van der Waals surface area contributed by atoms with Crippen LogP contribution in [0.3, 0.4) is 0 Å². The van der Waals surface area contributed by atoms with E-state index in [1.165, 1.54) is 0 Å². The monoisotopic (exact) mass is 179 g/mol. The lowest BCUT2D eigenvalue weighted by Gasteiger charge is -2.03. The second-order valence-electron chi connectivity index (χ2n) is 2.62. The van der Waals surface area contributed by atoms with Crippen molar-refractivity contribution in [3.8, 4) is 0 Å². The highest BCUT2D eigenvalue weighted by molar-refractivity contribution is 7.27. The minimum atomic E-state index is 0.717. The zero-order valence-electron chi connectivity index (χ0n) is 6.66. The van der Waals surface area contributed by atoms with E-state index in [4.69, 9.17) is 4.74 Å². The summed E-state index contributed by atoms with van der Waals surface area (Å²) in [6, 6.07) is 8.05. The maximum atomic E-state index is 5.36. The van der Waals surface area contributed by atoms with Gasteiger partial charge in [-0.1, -0.05) is 18.2 Å². The lowest BCUT2D eigenvalue weighted by Crippen LogP contribution is -2.10. The quantitative estimate of drug-likeness (QED) is 0.588. The second-order valence-corrected chi connectivity index (χ2v) is 3.24. The zero-order chi connectivity index (χ0) is 8.39. The summed E-state index contributed by atoms with van der Waals surface area (Å²) in [5.41, 5.74) is 1.08. The van der Waals surface area contributed by atoms with Gasteiger partial charge in [-0.2, -0.15) is 0 Å². The van der Waals surface area contributed by atoms with E-state index in [9.17, 15) is 0 Å². The van der Waals surface area contributed by atoms with Crippen LogP contribution in [0.15, 0.2) is 29.3 Å². The van der Waals surface area contributed by atoms with E-state index in [-0.39, 0.29) is 0 Å². The van der Waals surface area contributed by atoms with Crippen molar-refractivity contribution >= 4 is 20.4 Å². The van der Waals surface area contributed by atoms with Gasteiger partial charge in [0.15, 0.2) is 0 Å². The Bertz CT molecular complexity index is 322. The van der Waals surface area contributed by atoms with Crippen LogP contribution in [0.1, 0.15) is 5.56 Å². The smallest absolute Gasteiger partial charge is 0.216 e. The van der Waals surface area contributed by atoms with Crippen molar-refractivity contribution in [1.82, 2.24) is 0 Å². The first-order valence-corrected chi connectivity index (χ1v) is 4.48. The minimum absolute atomic E-state index is 0.717. The molecular weight excluding hydrogens is 169 g/mol. The third kappa shape index (κ3) is 1.35. The summed E-state index contributed by atoms with van der Waals surface area (Å²) >= 11 is 0. The lowest BCUT2D eigenvalue weighted by molar-refractivity contribution is 0.348. The molecule has 1 unspecified atom stereocenters. The molecule has 1 aromatic carbocycles. The molecule has 2 nitrogen and oxygen atoms in total. The zero-order valence-corrected chi connectivity index (χ0v) is 7.81. The Morgan fingerprint density at radius 3 is 2.83 bits per heavy atom. The van der Waals surface area contributed by atoms with E-state index in [0.717, 1.165) is 23.3 Å². The van der Waals surface area contributed by atoms with Crippen LogP contribution in [0.2, 0.25) is 0 Å². The van der Waals surface area contributed by atoms with Gasteiger partial charge in [-0.05, 0) is 11.4 Å². The van der Waals surface area contributed by atoms with Gasteiger partial charge in [0.2, 0.25) is 5.90 Å². The molecule has 2 rings (SSSR count). The van der Waals surface area contributed by atoms with Gasteiger partial charge in [-0.25, -0.2) is 4.99 Å². The first-order chi connectivity index (χ1) is 5.88. The maximum Gasteiger partial charge on any atom is 0.216 e. The third-order valence-electron chi connectivity index (χ3n) is 1.78. The molecule has 0 amide bonds. The summed E-state index contributed by atoms with van der Waals surface area (Å²) in [4.78, 5) is 4.25. The molecule has 3 heteroatoms. The predicted molar refractivity (Wildman–Crippen MR) is 53.1 cm³/mol. The van der Waals surface area contributed by atoms with Crippen LogP contribution in [-0.4, -0.2) is 19.0 Å². The van der Waals surface area contributed by atoms with E-state index >= 15 is 0 Å². The topological polar surface area (TPSA) is 21.6 Å². The molecule has 1 aromatic rings. The van der Waals surface area contributed by atoms with Gasteiger partial charge in [0.25, 0.3) is 0 Å². The van der Waals surface area contributed by atoms with Crippen LogP contribution in [0.5, 0.6) is 0 Å². The van der Waals surface area contributed by atoms with Crippen molar-refractivity contribution < 1.29 is 4.74 Å². The van der Waals surface area contributed by atoms with Gasteiger partial charge in [0, 0.05) is 5.56 Å². The van der Waals surface area contributed by atoms with Crippen LogP contribution in [0.25, 0.3) is 0 Å². The number of aliphatic imine (C=N–C) groups is 1. The van der Waals surface area contributed by atoms with Gasteiger partial charge >= 0.3 is 0 Å². The van der Waals surface area contributed by atoms with Crippen molar-refractivity contribution in [2.75, 3.05) is 13.2 Å². The van der Waals surface area contributed by atoms with E-state index in [2.05, 4.69) is 14.2 Å². The molecule has 0 aliphatic carbocycles. The first-order valence-electron chi connectivity index (χ1n) is 3.90. The Morgan fingerprint density at radius 2 is 2.17 bits per heavy atom. The molecule has 1 atom stereocenters. The van der Waals surface area contributed by atoms with Crippen LogP contribution < -0.4 is 5.30 Å². The Kier molecular flexibility index (Phi) is 2.09. The highest BCUT2D eigenvalue weighted by atomic mass is 31.0. The summed E-state index contributed by atoms with van der Waals surface area (Å²) in [6.07, 6.45) is 0. The molecule has 0 bridgehead atoms. The number of ether oxygens (including phenoxy) is 1.